The number of alkyl halides is 2. The van der Waals surface area contributed by atoms with Gasteiger partial charge in [-0.2, -0.15) is 0 Å². The van der Waals surface area contributed by atoms with Gasteiger partial charge in [0, 0.05) is 19.3 Å². The Kier molecular flexibility index (Phi) is 2.33. The third-order valence-electron chi connectivity index (χ3n) is 4.17. The molecule has 0 bridgehead atoms. The Bertz CT molecular complexity index is 596. The number of halogens is 2. The van der Waals surface area contributed by atoms with E-state index in [9.17, 15) is 8.78 Å². The Labute approximate surface area is 114 Å². The van der Waals surface area contributed by atoms with Gasteiger partial charge in [-0.15, -0.1) is 5.10 Å². The van der Waals surface area contributed by atoms with Crippen LogP contribution < -0.4 is 4.90 Å². The summed E-state index contributed by atoms with van der Waals surface area (Å²) < 4.78 is 28.0. The van der Waals surface area contributed by atoms with Crippen molar-refractivity contribution in [2.75, 3.05) is 18.0 Å². The number of nitrogens with zero attached hydrogens (tertiary/aromatic N) is 5. The maximum atomic E-state index is 13.1. The molecule has 2 fully saturated rings. The van der Waals surface area contributed by atoms with Gasteiger partial charge in [0.2, 0.25) is 0 Å². The fourth-order valence-corrected chi connectivity index (χ4v) is 2.90. The SMILES string of the molecule is FC1(F)C2CN(c3ccc(Cn4ccnn4)nc3)CC21. The van der Waals surface area contributed by atoms with Crippen LogP contribution >= 0.6 is 0 Å². The lowest BCUT2D eigenvalue weighted by Crippen LogP contribution is -2.27. The summed E-state index contributed by atoms with van der Waals surface area (Å²) >= 11 is 0. The van der Waals surface area contributed by atoms with Crippen LogP contribution in [0, 0.1) is 11.8 Å². The Morgan fingerprint density at radius 2 is 2.05 bits per heavy atom. The molecule has 1 aliphatic heterocycles. The molecule has 1 saturated carbocycles. The summed E-state index contributed by atoms with van der Waals surface area (Å²) in [7, 11) is 0. The number of hydrogen-bond acceptors (Lipinski definition) is 4. The number of hydrogen-bond donors (Lipinski definition) is 0. The maximum absolute atomic E-state index is 13.1. The summed E-state index contributed by atoms with van der Waals surface area (Å²) in [5.74, 6) is -3.36. The van der Waals surface area contributed by atoms with Crippen molar-refractivity contribution < 1.29 is 8.78 Å². The number of piperidine rings is 1. The van der Waals surface area contributed by atoms with Gasteiger partial charge in [0.05, 0.1) is 42.2 Å². The second kappa shape index (κ2) is 3.97. The molecule has 104 valence electrons. The molecule has 2 aliphatic rings. The van der Waals surface area contributed by atoms with Crippen molar-refractivity contribution in [2.24, 2.45) is 11.8 Å². The van der Waals surface area contributed by atoms with Crippen LogP contribution in [0.25, 0.3) is 0 Å². The minimum Gasteiger partial charge on any atom is -0.369 e. The van der Waals surface area contributed by atoms with Crippen LogP contribution in [0.5, 0.6) is 0 Å². The molecule has 3 heterocycles. The Hall–Kier alpha value is -2.05. The summed E-state index contributed by atoms with van der Waals surface area (Å²) in [6.07, 6.45) is 5.13. The molecule has 0 amide bonds. The molecule has 2 aromatic heterocycles. The smallest absolute Gasteiger partial charge is 0.258 e. The normalized spacial score (nSPS) is 26.6. The van der Waals surface area contributed by atoms with Crippen molar-refractivity contribution in [1.29, 1.82) is 0 Å². The molecule has 0 N–H and O–H groups in total. The quantitative estimate of drug-likeness (QED) is 0.851. The molecule has 2 atom stereocenters. The topological polar surface area (TPSA) is 46.8 Å². The lowest BCUT2D eigenvalue weighted by Gasteiger charge is -2.21. The summed E-state index contributed by atoms with van der Waals surface area (Å²) in [4.78, 5) is 6.34. The largest absolute Gasteiger partial charge is 0.369 e. The summed E-state index contributed by atoms with van der Waals surface area (Å²) in [6, 6.07) is 3.83. The molecule has 5 nitrogen and oxygen atoms in total. The zero-order valence-corrected chi connectivity index (χ0v) is 10.7. The van der Waals surface area contributed by atoms with Crippen LogP contribution in [0.1, 0.15) is 5.69 Å². The van der Waals surface area contributed by atoms with E-state index in [0.717, 1.165) is 11.4 Å². The second-order valence-corrected chi connectivity index (χ2v) is 5.40. The average Bonchev–Trinajstić information content (AvgIpc) is 2.94. The second-order valence-electron chi connectivity index (χ2n) is 5.40. The number of rotatable bonds is 3. The zero-order chi connectivity index (χ0) is 13.7. The lowest BCUT2D eigenvalue weighted by molar-refractivity contribution is 0.0797. The first-order valence-corrected chi connectivity index (χ1v) is 6.56. The lowest BCUT2D eigenvalue weighted by atomic mass is 10.3. The number of anilines is 1. The molecule has 7 heteroatoms. The van der Waals surface area contributed by atoms with Crippen LogP contribution in [-0.4, -0.2) is 39.0 Å². The van der Waals surface area contributed by atoms with Gasteiger partial charge in [0.15, 0.2) is 0 Å². The molecule has 2 unspecified atom stereocenters. The third-order valence-corrected chi connectivity index (χ3v) is 4.17. The molecule has 1 aliphatic carbocycles. The molecular formula is C13H13F2N5. The molecule has 1 saturated heterocycles. The third kappa shape index (κ3) is 1.76. The van der Waals surface area contributed by atoms with E-state index in [1.54, 1.807) is 23.3 Å². The fraction of sp³-hybridized carbons (Fsp3) is 0.462. The van der Waals surface area contributed by atoms with E-state index in [2.05, 4.69) is 15.3 Å². The first-order chi connectivity index (χ1) is 9.64. The molecule has 0 radical (unpaired) electrons. The van der Waals surface area contributed by atoms with Gasteiger partial charge in [-0.05, 0) is 12.1 Å². The highest BCUT2D eigenvalue weighted by Crippen LogP contribution is 2.59. The molecular weight excluding hydrogens is 264 g/mol. The van der Waals surface area contributed by atoms with Crippen molar-refractivity contribution >= 4 is 5.69 Å². The van der Waals surface area contributed by atoms with Crippen molar-refractivity contribution in [2.45, 2.75) is 12.5 Å². The van der Waals surface area contributed by atoms with Crippen LogP contribution in [0.4, 0.5) is 14.5 Å². The van der Waals surface area contributed by atoms with Crippen LogP contribution in [0.2, 0.25) is 0 Å². The summed E-state index contributed by atoms with van der Waals surface area (Å²) in [5.41, 5.74) is 1.78. The maximum Gasteiger partial charge on any atom is 0.258 e. The highest BCUT2D eigenvalue weighted by Gasteiger charge is 2.71. The molecule has 4 rings (SSSR count). The average molecular weight is 277 g/mol. The predicted octanol–water partition coefficient (Wildman–Crippen LogP) is 1.42. The van der Waals surface area contributed by atoms with Gasteiger partial charge in [-0.3, -0.25) is 4.98 Å². The Morgan fingerprint density at radius 3 is 2.65 bits per heavy atom. The van der Waals surface area contributed by atoms with Crippen LogP contribution in [-0.2, 0) is 6.54 Å². The molecule has 0 aromatic carbocycles. The van der Waals surface area contributed by atoms with E-state index >= 15 is 0 Å². The van der Waals surface area contributed by atoms with Crippen molar-refractivity contribution in [3.63, 3.8) is 0 Å². The number of aromatic nitrogens is 4. The van der Waals surface area contributed by atoms with Crippen LogP contribution in [0.15, 0.2) is 30.7 Å². The van der Waals surface area contributed by atoms with E-state index < -0.39 is 17.8 Å². The van der Waals surface area contributed by atoms with E-state index in [0.29, 0.717) is 19.6 Å². The monoisotopic (exact) mass is 277 g/mol. The predicted molar refractivity (Wildman–Crippen MR) is 67.5 cm³/mol. The van der Waals surface area contributed by atoms with E-state index in [1.165, 1.54) is 0 Å². The first-order valence-electron chi connectivity index (χ1n) is 6.56. The van der Waals surface area contributed by atoms with Gasteiger partial charge in [-0.1, -0.05) is 5.21 Å². The highest BCUT2D eigenvalue weighted by molar-refractivity contribution is 5.48. The van der Waals surface area contributed by atoms with Gasteiger partial charge in [0.25, 0.3) is 5.92 Å². The van der Waals surface area contributed by atoms with Gasteiger partial charge >= 0.3 is 0 Å². The van der Waals surface area contributed by atoms with Gasteiger partial charge in [0.1, 0.15) is 0 Å². The Morgan fingerprint density at radius 1 is 1.25 bits per heavy atom. The minimum absolute atomic E-state index is 0.432. The standard InChI is InChI=1S/C13H13F2N5/c14-13(15)11-7-19(8-12(11)13)10-2-1-9(16-5-10)6-20-4-3-17-18-20/h1-5,11-12H,6-8H2. The molecule has 0 spiro atoms. The van der Waals surface area contributed by atoms with Gasteiger partial charge < -0.3 is 4.90 Å². The fourth-order valence-electron chi connectivity index (χ4n) is 2.90. The van der Waals surface area contributed by atoms with Crippen molar-refractivity contribution in [3.05, 3.63) is 36.4 Å². The molecule has 20 heavy (non-hydrogen) atoms. The molecule has 2 aromatic rings. The van der Waals surface area contributed by atoms with Crippen molar-refractivity contribution in [1.82, 2.24) is 20.0 Å². The van der Waals surface area contributed by atoms with Crippen molar-refractivity contribution in [3.8, 4) is 0 Å². The number of fused-ring (bicyclic) bond motifs is 1. The summed E-state index contributed by atoms with van der Waals surface area (Å²) in [5, 5.41) is 7.61. The van der Waals surface area contributed by atoms with E-state index in [-0.39, 0.29) is 0 Å². The highest BCUT2D eigenvalue weighted by atomic mass is 19.3. The first kappa shape index (κ1) is 11.7. The Balaban J connectivity index is 1.44. The van der Waals surface area contributed by atoms with Crippen LogP contribution in [0.3, 0.4) is 0 Å². The zero-order valence-electron chi connectivity index (χ0n) is 10.7. The number of pyridine rings is 1. The van der Waals surface area contributed by atoms with E-state index in [4.69, 9.17) is 0 Å². The summed E-state index contributed by atoms with van der Waals surface area (Å²) in [6.45, 7) is 1.42. The van der Waals surface area contributed by atoms with E-state index in [1.807, 2.05) is 17.0 Å². The minimum atomic E-state index is -2.43. The van der Waals surface area contributed by atoms with Gasteiger partial charge in [-0.25, -0.2) is 13.5 Å².